The summed E-state index contributed by atoms with van der Waals surface area (Å²) in [5.74, 6) is 1.70. The van der Waals surface area contributed by atoms with Gasteiger partial charge in [-0.3, -0.25) is 0 Å². The van der Waals surface area contributed by atoms with Crippen LogP contribution in [0.15, 0.2) is 21.0 Å². The van der Waals surface area contributed by atoms with Crippen LogP contribution in [0.3, 0.4) is 0 Å². The molecule has 0 aliphatic heterocycles. The Labute approximate surface area is 117 Å². The lowest BCUT2D eigenvalue weighted by Gasteiger charge is -2.05. The molecule has 2 aromatic rings. The number of rotatable bonds is 4. The molecule has 0 spiro atoms. The summed E-state index contributed by atoms with van der Waals surface area (Å²) in [4.78, 5) is 0. The highest BCUT2D eigenvalue weighted by Gasteiger charge is 2.14. The number of hydrogen-bond donors (Lipinski definition) is 1. The van der Waals surface area contributed by atoms with Crippen molar-refractivity contribution in [2.75, 3.05) is 6.54 Å². The first kappa shape index (κ1) is 13.6. The highest BCUT2D eigenvalue weighted by Crippen LogP contribution is 2.33. The lowest BCUT2D eigenvalue weighted by atomic mass is 10.1. The van der Waals surface area contributed by atoms with Crippen LogP contribution in [0.25, 0.3) is 11.0 Å². The van der Waals surface area contributed by atoms with Crippen LogP contribution >= 0.6 is 15.9 Å². The van der Waals surface area contributed by atoms with Crippen molar-refractivity contribution in [3.63, 3.8) is 0 Å². The Morgan fingerprint density at radius 2 is 2.00 bits per heavy atom. The number of furan rings is 1. The van der Waals surface area contributed by atoms with Crippen molar-refractivity contribution in [2.24, 2.45) is 5.92 Å². The van der Waals surface area contributed by atoms with Crippen molar-refractivity contribution in [2.45, 2.75) is 34.2 Å². The maximum Gasteiger partial charge on any atom is 0.138 e. The van der Waals surface area contributed by atoms with E-state index in [0.29, 0.717) is 5.92 Å². The summed E-state index contributed by atoms with van der Waals surface area (Å²) in [6, 6.07) is 4.17. The summed E-state index contributed by atoms with van der Waals surface area (Å²) < 4.78 is 7.11. The maximum atomic E-state index is 6.00. The van der Waals surface area contributed by atoms with Crippen LogP contribution in [0.1, 0.15) is 30.7 Å². The third-order valence-corrected chi connectivity index (χ3v) is 3.82. The SMILES string of the molecule is Cc1ccc(Br)c2c(C)c(CNCC(C)C)oc12. The Morgan fingerprint density at radius 3 is 2.61 bits per heavy atom. The van der Waals surface area contributed by atoms with Gasteiger partial charge in [-0.25, -0.2) is 0 Å². The zero-order valence-electron chi connectivity index (χ0n) is 11.4. The minimum atomic E-state index is 0.656. The van der Waals surface area contributed by atoms with E-state index in [4.69, 9.17) is 4.42 Å². The van der Waals surface area contributed by atoms with Crippen LogP contribution in [-0.2, 0) is 6.54 Å². The fourth-order valence-electron chi connectivity index (χ4n) is 2.13. The number of halogens is 1. The van der Waals surface area contributed by atoms with Gasteiger partial charge >= 0.3 is 0 Å². The summed E-state index contributed by atoms with van der Waals surface area (Å²) in [7, 11) is 0. The molecule has 0 atom stereocenters. The Bertz CT molecular complexity index is 557. The first-order chi connectivity index (χ1) is 8.50. The first-order valence-corrected chi connectivity index (χ1v) is 7.17. The quantitative estimate of drug-likeness (QED) is 0.895. The Balaban J connectivity index is 2.33. The van der Waals surface area contributed by atoms with Crippen molar-refractivity contribution in [3.05, 3.63) is 33.5 Å². The number of nitrogens with one attached hydrogen (secondary N) is 1. The van der Waals surface area contributed by atoms with Gasteiger partial charge in [0.2, 0.25) is 0 Å². The molecule has 1 aromatic heterocycles. The summed E-state index contributed by atoms with van der Waals surface area (Å²) in [5, 5.41) is 4.64. The molecule has 1 N–H and O–H groups in total. The molecule has 2 rings (SSSR count). The summed E-state index contributed by atoms with van der Waals surface area (Å²) >= 11 is 3.61. The normalized spacial score (nSPS) is 11.7. The van der Waals surface area contributed by atoms with Gasteiger partial charge in [0, 0.05) is 15.4 Å². The van der Waals surface area contributed by atoms with Gasteiger partial charge < -0.3 is 9.73 Å². The zero-order valence-corrected chi connectivity index (χ0v) is 13.0. The molecule has 0 fully saturated rings. The van der Waals surface area contributed by atoms with Crippen molar-refractivity contribution in [1.29, 1.82) is 0 Å². The minimum absolute atomic E-state index is 0.656. The van der Waals surface area contributed by atoms with E-state index >= 15 is 0 Å². The van der Waals surface area contributed by atoms with Gasteiger partial charge in [0.25, 0.3) is 0 Å². The second-order valence-electron chi connectivity index (χ2n) is 5.24. The number of aryl methyl sites for hydroxylation is 2. The lowest BCUT2D eigenvalue weighted by Crippen LogP contribution is -2.18. The predicted octanol–water partition coefficient (Wildman–Crippen LogP) is 4.56. The Kier molecular flexibility index (Phi) is 4.13. The largest absolute Gasteiger partial charge is 0.459 e. The first-order valence-electron chi connectivity index (χ1n) is 6.38. The van der Waals surface area contributed by atoms with Gasteiger partial charge in [0.15, 0.2) is 0 Å². The molecular weight excluding hydrogens is 290 g/mol. The molecule has 3 heteroatoms. The van der Waals surface area contributed by atoms with Gasteiger partial charge in [-0.15, -0.1) is 0 Å². The van der Waals surface area contributed by atoms with Crippen LogP contribution in [0, 0.1) is 19.8 Å². The molecule has 2 nitrogen and oxygen atoms in total. The lowest BCUT2D eigenvalue weighted by molar-refractivity contribution is 0.482. The summed E-state index contributed by atoms with van der Waals surface area (Å²) in [6.07, 6.45) is 0. The topological polar surface area (TPSA) is 25.2 Å². The fraction of sp³-hybridized carbons (Fsp3) is 0.467. The van der Waals surface area contributed by atoms with Crippen molar-refractivity contribution in [3.8, 4) is 0 Å². The van der Waals surface area contributed by atoms with E-state index in [0.717, 1.165) is 28.9 Å². The van der Waals surface area contributed by atoms with Crippen LogP contribution in [-0.4, -0.2) is 6.54 Å². The van der Waals surface area contributed by atoms with Gasteiger partial charge in [-0.1, -0.05) is 35.8 Å². The molecule has 0 saturated carbocycles. The van der Waals surface area contributed by atoms with Gasteiger partial charge in [-0.2, -0.15) is 0 Å². The average molecular weight is 310 g/mol. The molecule has 1 heterocycles. The van der Waals surface area contributed by atoms with E-state index in [1.54, 1.807) is 0 Å². The molecule has 0 amide bonds. The van der Waals surface area contributed by atoms with E-state index in [1.807, 2.05) is 0 Å². The van der Waals surface area contributed by atoms with Crippen molar-refractivity contribution in [1.82, 2.24) is 5.32 Å². The zero-order chi connectivity index (χ0) is 13.3. The molecule has 1 aromatic carbocycles. The van der Waals surface area contributed by atoms with Gasteiger partial charge in [0.1, 0.15) is 11.3 Å². The molecule has 98 valence electrons. The number of hydrogen-bond acceptors (Lipinski definition) is 2. The van der Waals surface area contributed by atoms with Gasteiger partial charge in [0.05, 0.1) is 6.54 Å². The molecule has 0 saturated heterocycles. The van der Waals surface area contributed by atoms with E-state index in [1.165, 1.54) is 16.5 Å². The summed E-state index contributed by atoms with van der Waals surface area (Å²) in [5.41, 5.74) is 3.42. The number of fused-ring (bicyclic) bond motifs is 1. The smallest absolute Gasteiger partial charge is 0.138 e. The average Bonchev–Trinajstić information content (AvgIpc) is 2.63. The van der Waals surface area contributed by atoms with Crippen LogP contribution in [0.2, 0.25) is 0 Å². The van der Waals surface area contributed by atoms with E-state index in [-0.39, 0.29) is 0 Å². The third kappa shape index (κ3) is 2.62. The molecule has 0 bridgehead atoms. The monoisotopic (exact) mass is 309 g/mol. The predicted molar refractivity (Wildman–Crippen MR) is 79.9 cm³/mol. The second kappa shape index (κ2) is 5.45. The second-order valence-corrected chi connectivity index (χ2v) is 6.10. The molecule has 18 heavy (non-hydrogen) atoms. The van der Waals surface area contributed by atoms with Crippen molar-refractivity contribution < 1.29 is 4.42 Å². The minimum Gasteiger partial charge on any atom is -0.459 e. The fourth-order valence-corrected chi connectivity index (χ4v) is 2.74. The van der Waals surface area contributed by atoms with Gasteiger partial charge in [-0.05, 0) is 37.9 Å². The molecule has 0 aliphatic carbocycles. The molecule has 0 radical (unpaired) electrons. The summed E-state index contributed by atoms with van der Waals surface area (Å²) in [6.45, 7) is 10.4. The Morgan fingerprint density at radius 1 is 1.28 bits per heavy atom. The molecular formula is C15H20BrNO. The Hall–Kier alpha value is -0.800. The maximum absolute atomic E-state index is 6.00. The molecule has 0 unspecified atom stereocenters. The van der Waals surface area contributed by atoms with Crippen LogP contribution < -0.4 is 5.32 Å². The van der Waals surface area contributed by atoms with Crippen LogP contribution in [0.4, 0.5) is 0 Å². The number of benzene rings is 1. The van der Waals surface area contributed by atoms with Crippen LogP contribution in [0.5, 0.6) is 0 Å². The van der Waals surface area contributed by atoms with Crippen molar-refractivity contribution >= 4 is 26.9 Å². The third-order valence-electron chi connectivity index (χ3n) is 3.16. The molecule has 0 aliphatic rings. The van der Waals surface area contributed by atoms with E-state index in [2.05, 4.69) is 61.1 Å². The highest BCUT2D eigenvalue weighted by molar-refractivity contribution is 9.10. The van der Waals surface area contributed by atoms with E-state index < -0.39 is 0 Å². The standard InChI is InChI=1S/C15H20BrNO/c1-9(2)7-17-8-13-11(4)14-12(16)6-5-10(3)15(14)18-13/h5-6,9,17H,7-8H2,1-4H3. The van der Waals surface area contributed by atoms with E-state index in [9.17, 15) is 0 Å². The highest BCUT2D eigenvalue weighted by atomic mass is 79.9.